The first-order valence-corrected chi connectivity index (χ1v) is 6.30. The monoisotopic (exact) mass is 248 g/mol. The third-order valence-corrected chi connectivity index (χ3v) is 3.62. The van der Waals surface area contributed by atoms with E-state index in [-0.39, 0.29) is 18.0 Å². The summed E-state index contributed by atoms with van der Waals surface area (Å²) in [5, 5.41) is 0. The molecule has 0 saturated carbocycles. The van der Waals surface area contributed by atoms with Gasteiger partial charge in [-0.2, -0.15) is 0 Å². The summed E-state index contributed by atoms with van der Waals surface area (Å²) >= 11 is 0. The van der Waals surface area contributed by atoms with Gasteiger partial charge in [0.05, 0.1) is 13.5 Å². The fourth-order valence-electron chi connectivity index (χ4n) is 2.37. The number of carbonyl (C=O) groups excluding carboxylic acids is 1. The van der Waals surface area contributed by atoms with Gasteiger partial charge in [-0.05, 0) is 31.0 Å². The highest BCUT2D eigenvalue weighted by molar-refractivity contribution is 5.79. The highest BCUT2D eigenvalue weighted by atomic mass is 16.5. The van der Waals surface area contributed by atoms with Crippen LogP contribution in [-0.2, 0) is 11.2 Å². The maximum atomic E-state index is 12.2. The summed E-state index contributed by atoms with van der Waals surface area (Å²) in [6, 6.07) is 7.88. The molecule has 1 amide bonds. The first-order chi connectivity index (χ1) is 8.61. The van der Waals surface area contributed by atoms with Gasteiger partial charge in [-0.3, -0.25) is 4.79 Å². The van der Waals surface area contributed by atoms with Crippen molar-refractivity contribution in [3.05, 3.63) is 29.8 Å². The molecule has 18 heavy (non-hydrogen) atoms. The first kappa shape index (κ1) is 12.9. The van der Waals surface area contributed by atoms with Crippen LogP contribution in [0.3, 0.4) is 0 Å². The second-order valence-electron chi connectivity index (χ2n) is 4.81. The highest BCUT2D eigenvalue weighted by Crippen LogP contribution is 2.19. The summed E-state index contributed by atoms with van der Waals surface area (Å²) in [4.78, 5) is 14.1. The van der Waals surface area contributed by atoms with E-state index in [0.29, 0.717) is 6.42 Å². The molecule has 2 rings (SSSR count). The number of carbonyl (C=O) groups is 1. The van der Waals surface area contributed by atoms with Crippen molar-refractivity contribution in [1.29, 1.82) is 0 Å². The molecule has 2 atom stereocenters. The average molecular weight is 248 g/mol. The van der Waals surface area contributed by atoms with Crippen LogP contribution < -0.4 is 10.5 Å². The molecule has 0 aliphatic carbocycles. The lowest BCUT2D eigenvalue weighted by Gasteiger charge is -2.23. The van der Waals surface area contributed by atoms with E-state index in [1.165, 1.54) is 0 Å². The second-order valence-corrected chi connectivity index (χ2v) is 4.81. The van der Waals surface area contributed by atoms with Crippen molar-refractivity contribution in [3.8, 4) is 5.75 Å². The van der Waals surface area contributed by atoms with Gasteiger partial charge in [0.15, 0.2) is 0 Å². The summed E-state index contributed by atoms with van der Waals surface area (Å²) in [6.45, 7) is 2.78. The van der Waals surface area contributed by atoms with Gasteiger partial charge in [-0.25, -0.2) is 0 Å². The highest BCUT2D eigenvalue weighted by Gasteiger charge is 2.31. The molecule has 0 bridgehead atoms. The molecule has 1 aliphatic rings. The van der Waals surface area contributed by atoms with Crippen LogP contribution in [0.25, 0.3) is 0 Å². The van der Waals surface area contributed by atoms with Crippen LogP contribution in [0.1, 0.15) is 18.9 Å². The molecule has 1 heterocycles. The minimum atomic E-state index is 0.110. The molecule has 98 valence electrons. The van der Waals surface area contributed by atoms with Crippen molar-refractivity contribution in [2.45, 2.75) is 31.8 Å². The van der Waals surface area contributed by atoms with Crippen molar-refractivity contribution >= 4 is 5.91 Å². The number of likely N-dealkylation sites (tertiary alicyclic amines) is 1. The summed E-state index contributed by atoms with van der Waals surface area (Å²) < 4.78 is 5.16. The van der Waals surface area contributed by atoms with Crippen LogP contribution in [0.15, 0.2) is 24.3 Å². The summed E-state index contributed by atoms with van der Waals surface area (Å²) in [6.07, 6.45) is 1.30. The lowest BCUT2D eigenvalue weighted by Crippen LogP contribution is -2.41. The zero-order valence-electron chi connectivity index (χ0n) is 10.9. The normalized spacial score (nSPS) is 23.2. The molecule has 1 aliphatic heterocycles. The minimum Gasteiger partial charge on any atom is -0.497 e. The maximum Gasteiger partial charge on any atom is 0.227 e. The molecule has 1 aromatic rings. The zero-order chi connectivity index (χ0) is 13.1. The molecule has 1 aromatic carbocycles. The number of nitrogens with two attached hydrogens (primary N) is 1. The Kier molecular flexibility index (Phi) is 3.87. The van der Waals surface area contributed by atoms with Crippen molar-refractivity contribution in [1.82, 2.24) is 4.90 Å². The van der Waals surface area contributed by atoms with Crippen molar-refractivity contribution in [2.24, 2.45) is 5.73 Å². The number of ether oxygens (including phenoxy) is 1. The molecule has 2 unspecified atom stereocenters. The molecular formula is C14H20N2O2. The molecule has 1 fully saturated rings. The van der Waals surface area contributed by atoms with Crippen LogP contribution in [-0.4, -0.2) is 36.5 Å². The smallest absolute Gasteiger partial charge is 0.227 e. The van der Waals surface area contributed by atoms with Crippen LogP contribution in [0, 0.1) is 0 Å². The van der Waals surface area contributed by atoms with E-state index in [2.05, 4.69) is 0 Å². The van der Waals surface area contributed by atoms with Gasteiger partial charge in [-0.1, -0.05) is 12.1 Å². The number of hydrogen-bond donors (Lipinski definition) is 1. The predicted octanol–water partition coefficient (Wildman–Crippen LogP) is 1.19. The number of hydrogen-bond acceptors (Lipinski definition) is 3. The number of rotatable bonds is 3. The van der Waals surface area contributed by atoms with Gasteiger partial charge in [0, 0.05) is 18.6 Å². The van der Waals surface area contributed by atoms with Gasteiger partial charge in [0.25, 0.3) is 0 Å². The molecule has 0 aromatic heterocycles. The molecular weight excluding hydrogens is 228 g/mol. The van der Waals surface area contributed by atoms with Gasteiger partial charge in [-0.15, -0.1) is 0 Å². The quantitative estimate of drug-likeness (QED) is 0.874. The molecule has 0 spiro atoms. The molecule has 4 nitrogen and oxygen atoms in total. The Bertz CT molecular complexity index is 434. The zero-order valence-corrected chi connectivity index (χ0v) is 10.9. The lowest BCUT2D eigenvalue weighted by atomic mass is 10.1. The summed E-state index contributed by atoms with van der Waals surface area (Å²) in [7, 11) is 1.63. The van der Waals surface area contributed by atoms with Crippen LogP contribution in [0.4, 0.5) is 0 Å². The Morgan fingerprint density at radius 3 is 2.94 bits per heavy atom. The van der Waals surface area contributed by atoms with Gasteiger partial charge >= 0.3 is 0 Å². The first-order valence-electron chi connectivity index (χ1n) is 6.30. The number of amides is 1. The minimum absolute atomic E-state index is 0.110. The predicted molar refractivity (Wildman–Crippen MR) is 70.5 cm³/mol. The average Bonchev–Trinajstić information content (AvgIpc) is 2.70. The fourth-order valence-corrected chi connectivity index (χ4v) is 2.37. The lowest BCUT2D eigenvalue weighted by molar-refractivity contribution is -0.131. The molecule has 2 N–H and O–H groups in total. The SMILES string of the molecule is COc1cccc(CC(=O)N2CCC(N)C2C)c1. The molecule has 0 radical (unpaired) electrons. The maximum absolute atomic E-state index is 12.2. The standard InChI is InChI=1S/C14H20N2O2/c1-10-13(15)6-7-16(10)14(17)9-11-4-3-5-12(8-11)18-2/h3-5,8,10,13H,6-7,9,15H2,1-2H3. The molecule has 4 heteroatoms. The summed E-state index contributed by atoms with van der Waals surface area (Å²) in [5.41, 5.74) is 6.91. The third kappa shape index (κ3) is 2.64. The van der Waals surface area contributed by atoms with Gasteiger partial charge < -0.3 is 15.4 Å². The Labute approximate surface area is 108 Å². The van der Waals surface area contributed by atoms with E-state index in [1.807, 2.05) is 36.1 Å². The number of benzene rings is 1. The van der Waals surface area contributed by atoms with Gasteiger partial charge in [0.2, 0.25) is 5.91 Å². The van der Waals surface area contributed by atoms with E-state index < -0.39 is 0 Å². The second kappa shape index (κ2) is 5.40. The fraction of sp³-hybridized carbons (Fsp3) is 0.500. The van der Waals surface area contributed by atoms with Gasteiger partial charge in [0.1, 0.15) is 5.75 Å². The van der Waals surface area contributed by atoms with Crippen LogP contribution >= 0.6 is 0 Å². The number of nitrogens with zero attached hydrogens (tertiary/aromatic N) is 1. The Balaban J connectivity index is 2.02. The van der Waals surface area contributed by atoms with Crippen LogP contribution in [0.2, 0.25) is 0 Å². The Morgan fingerprint density at radius 2 is 2.33 bits per heavy atom. The van der Waals surface area contributed by atoms with Crippen molar-refractivity contribution in [3.63, 3.8) is 0 Å². The van der Waals surface area contributed by atoms with E-state index in [4.69, 9.17) is 10.5 Å². The number of methoxy groups -OCH3 is 1. The van der Waals surface area contributed by atoms with Crippen molar-refractivity contribution in [2.75, 3.05) is 13.7 Å². The van der Waals surface area contributed by atoms with E-state index in [1.54, 1.807) is 7.11 Å². The van der Waals surface area contributed by atoms with E-state index in [0.717, 1.165) is 24.3 Å². The van der Waals surface area contributed by atoms with Crippen LogP contribution in [0.5, 0.6) is 5.75 Å². The Hall–Kier alpha value is -1.55. The van der Waals surface area contributed by atoms with Crippen molar-refractivity contribution < 1.29 is 9.53 Å². The van der Waals surface area contributed by atoms with E-state index >= 15 is 0 Å². The summed E-state index contributed by atoms with van der Waals surface area (Å²) in [5.74, 6) is 0.926. The van der Waals surface area contributed by atoms with E-state index in [9.17, 15) is 4.79 Å². The Morgan fingerprint density at radius 1 is 1.56 bits per heavy atom. The molecule has 1 saturated heterocycles. The third-order valence-electron chi connectivity index (χ3n) is 3.62. The largest absolute Gasteiger partial charge is 0.497 e. The topological polar surface area (TPSA) is 55.6 Å².